The third-order valence-corrected chi connectivity index (χ3v) is 4.87. The van der Waals surface area contributed by atoms with Crippen LogP contribution in [0.1, 0.15) is 12.5 Å². The highest BCUT2D eigenvalue weighted by Crippen LogP contribution is 2.17. The van der Waals surface area contributed by atoms with Crippen LogP contribution in [-0.2, 0) is 10.0 Å². The molecule has 0 aliphatic carbocycles. The van der Waals surface area contributed by atoms with Gasteiger partial charge in [0.15, 0.2) is 0 Å². The average molecular weight is 291 g/mol. The first-order chi connectivity index (χ1) is 8.00. The third kappa shape index (κ3) is 3.23. The summed E-state index contributed by atoms with van der Waals surface area (Å²) in [5, 5.41) is 3.24. The minimum absolute atomic E-state index is 0. The Morgan fingerprint density at radius 2 is 1.89 bits per heavy atom. The van der Waals surface area contributed by atoms with Crippen LogP contribution in [0.3, 0.4) is 0 Å². The van der Waals surface area contributed by atoms with Gasteiger partial charge < -0.3 is 5.32 Å². The van der Waals surface area contributed by atoms with Crippen LogP contribution in [0.2, 0.25) is 0 Å². The molecule has 0 spiro atoms. The van der Waals surface area contributed by atoms with E-state index in [-0.39, 0.29) is 18.4 Å². The minimum atomic E-state index is -3.32. The second-order valence-electron chi connectivity index (χ2n) is 4.53. The fraction of sp³-hybridized carbons (Fsp3) is 0.500. The normalized spacial score (nSPS) is 21.3. The number of hydrogen-bond donors (Lipinski definition) is 1. The molecule has 1 N–H and O–H groups in total. The summed E-state index contributed by atoms with van der Waals surface area (Å²) in [6.45, 7) is 5.74. The van der Waals surface area contributed by atoms with Gasteiger partial charge in [-0.25, -0.2) is 8.42 Å². The van der Waals surface area contributed by atoms with Crippen molar-refractivity contribution in [1.29, 1.82) is 0 Å². The van der Waals surface area contributed by atoms with Crippen LogP contribution in [0.25, 0.3) is 0 Å². The van der Waals surface area contributed by atoms with E-state index in [1.807, 2.05) is 26.0 Å². The van der Waals surface area contributed by atoms with Crippen LogP contribution in [0.4, 0.5) is 0 Å². The zero-order valence-corrected chi connectivity index (χ0v) is 12.2. The summed E-state index contributed by atoms with van der Waals surface area (Å²) in [6.07, 6.45) is 0. The van der Waals surface area contributed by atoms with Gasteiger partial charge in [-0.05, 0) is 26.0 Å². The molecule has 1 heterocycles. The fourth-order valence-electron chi connectivity index (χ4n) is 1.97. The molecule has 1 atom stereocenters. The lowest BCUT2D eigenvalue weighted by molar-refractivity contribution is 0.310. The lowest BCUT2D eigenvalue weighted by atomic mass is 10.2. The van der Waals surface area contributed by atoms with Crippen molar-refractivity contribution in [1.82, 2.24) is 9.62 Å². The van der Waals surface area contributed by atoms with E-state index in [4.69, 9.17) is 0 Å². The first kappa shape index (κ1) is 15.4. The molecule has 0 aromatic heterocycles. The minimum Gasteiger partial charge on any atom is -0.312 e. The Kier molecular flexibility index (Phi) is 5.16. The van der Waals surface area contributed by atoms with Crippen LogP contribution in [0.15, 0.2) is 29.2 Å². The maximum absolute atomic E-state index is 12.3. The van der Waals surface area contributed by atoms with Gasteiger partial charge in [0.25, 0.3) is 0 Å². The number of hydrogen-bond acceptors (Lipinski definition) is 3. The summed E-state index contributed by atoms with van der Waals surface area (Å²) >= 11 is 0. The molecule has 1 aromatic rings. The van der Waals surface area contributed by atoms with Crippen molar-refractivity contribution >= 4 is 22.4 Å². The highest BCUT2D eigenvalue weighted by atomic mass is 35.5. The van der Waals surface area contributed by atoms with Crippen LogP contribution in [0.5, 0.6) is 0 Å². The number of benzene rings is 1. The second kappa shape index (κ2) is 6.02. The van der Waals surface area contributed by atoms with Crippen LogP contribution in [-0.4, -0.2) is 38.4 Å². The fourth-order valence-corrected chi connectivity index (χ4v) is 3.50. The predicted octanol–water partition coefficient (Wildman–Crippen LogP) is 1.40. The summed E-state index contributed by atoms with van der Waals surface area (Å²) < 4.78 is 26.2. The van der Waals surface area contributed by atoms with E-state index < -0.39 is 10.0 Å². The molecule has 0 radical (unpaired) electrons. The molecule has 1 aromatic carbocycles. The molecule has 6 heteroatoms. The number of nitrogens with one attached hydrogen (secondary N) is 1. The Labute approximate surface area is 115 Å². The van der Waals surface area contributed by atoms with Gasteiger partial charge in [-0.15, -0.1) is 12.4 Å². The van der Waals surface area contributed by atoms with E-state index >= 15 is 0 Å². The molecule has 1 saturated heterocycles. The number of aryl methyl sites for hydroxylation is 1. The summed E-state index contributed by atoms with van der Waals surface area (Å²) in [7, 11) is -3.32. The van der Waals surface area contributed by atoms with Gasteiger partial charge in [-0.3, -0.25) is 0 Å². The predicted molar refractivity (Wildman–Crippen MR) is 74.7 cm³/mol. The molecule has 4 nitrogen and oxygen atoms in total. The van der Waals surface area contributed by atoms with Gasteiger partial charge in [-0.1, -0.05) is 17.7 Å². The summed E-state index contributed by atoms with van der Waals surface area (Å²) in [4.78, 5) is 0.386. The van der Waals surface area contributed by atoms with E-state index in [2.05, 4.69) is 5.32 Å². The average Bonchev–Trinajstić information content (AvgIpc) is 2.29. The van der Waals surface area contributed by atoms with E-state index in [0.717, 1.165) is 5.56 Å². The Morgan fingerprint density at radius 3 is 2.44 bits per heavy atom. The molecule has 2 rings (SSSR count). The highest BCUT2D eigenvalue weighted by Gasteiger charge is 2.28. The third-order valence-electron chi connectivity index (χ3n) is 2.99. The zero-order chi connectivity index (χ0) is 12.5. The molecule has 0 saturated carbocycles. The number of sulfonamides is 1. The molecule has 0 unspecified atom stereocenters. The second-order valence-corrected chi connectivity index (χ2v) is 6.47. The van der Waals surface area contributed by atoms with Crippen molar-refractivity contribution < 1.29 is 8.42 Å². The van der Waals surface area contributed by atoms with Crippen LogP contribution in [0, 0.1) is 6.92 Å². The molecule has 18 heavy (non-hydrogen) atoms. The Balaban J connectivity index is 0.00000162. The van der Waals surface area contributed by atoms with Gasteiger partial charge in [0.05, 0.1) is 4.90 Å². The zero-order valence-electron chi connectivity index (χ0n) is 10.6. The molecule has 0 amide bonds. The van der Waals surface area contributed by atoms with E-state index in [1.165, 1.54) is 0 Å². The smallest absolute Gasteiger partial charge is 0.243 e. The van der Waals surface area contributed by atoms with Gasteiger partial charge in [0.2, 0.25) is 10.0 Å². The molecule has 1 aliphatic heterocycles. The van der Waals surface area contributed by atoms with Crippen molar-refractivity contribution in [3.05, 3.63) is 29.8 Å². The Bertz CT molecular complexity index is 487. The topological polar surface area (TPSA) is 49.4 Å². The van der Waals surface area contributed by atoms with Gasteiger partial charge in [0.1, 0.15) is 0 Å². The van der Waals surface area contributed by atoms with Gasteiger partial charge in [-0.2, -0.15) is 4.31 Å². The van der Waals surface area contributed by atoms with Gasteiger partial charge >= 0.3 is 0 Å². The number of rotatable bonds is 2. The number of piperazine rings is 1. The Hall–Kier alpha value is -0.620. The number of halogens is 1. The van der Waals surface area contributed by atoms with E-state index in [9.17, 15) is 8.42 Å². The van der Waals surface area contributed by atoms with Crippen molar-refractivity contribution in [2.24, 2.45) is 0 Å². The van der Waals surface area contributed by atoms with Crippen molar-refractivity contribution in [3.63, 3.8) is 0 Å². The molecule has 1 aliphatic rings. The molecule has 1 fully saturated rings. The monoisotopic (exact) mass is 290 g/mol. The molecular formula is C12H19ClN2O2S. The molecular weight excluding hydrogens is 272 g/mol. The standard InChI is InChI=1S/C12H18N2O2S.ClH/c1-10-3-5-12(6-4-10)17(15,16)14-8-7-13-11(2)9-14;/h3-6,11,13H,7-9H2,1-2H3;1H/t11-;/m0./s1. The largest absolute Gasteiger partial charge is 0.312 e. The lowest BCUT2D eigenvalue weighted by Crippen LogP contribution is -2.51. The highest BCUT2D eigenvalue weighted by molar-refractivity contribution is 7.89. The first-order valence-corrected chi connectivity index (χ1v) is 7.24. The number of nitrogens with zero attached hydrogens (tertiary/aromatic N) is 1. The van der Waals surface area contributed by atoms with E-state index in [0.29, 0.717) is 24.5 Å². The van der Waals surface area contributed by atoms with Crippen molar-refractivity contribution in [3.8, 4) is 0 Å². The van der Waals surface area contributed by atoms with E-state index in [1.54, 1.807) is 16.4 Å². The lowest BCUT2D eigenvalue weighted by Gasteiger charge is -2.31. The summed E-state index contributed by atoms with van der Waals surface area (Å²) in [5.41, 5.74) is 1.07. The van der Waals surface area contributed by atoms with Crippen LogP contribution >= 0.6 is 12.4 Å². The summed E-state index contributed by atoms with van der Waals surface area (Å²) in [5.74, 6) is 0. The molecule has 102 valence electrons. The van der Waals surface area contributed by atoms with Gasteiger partial charge in [0, 0.05) is 25.7 Å². The quantitative estimate of drug-likeness (QED) is 0.896. The SMILES string of the molecule is Cc1ccc(S(=O)(=O)N2CCN[C@@H](C)C2)cc1.Cl. The summed E-state index contributed by atoms with van der Waals surface area (Å²) in [6, 6.07) is 7.23. The molecule has 0 bridgehead atoms. The maximum atomic E-state index is 12.3. The Morgan fingerprint density at radius 1 is 1.28 bits per heavy atom. The van der Waals surface area contributed by atoms with Crippen molar-refractivity contribution in [2.75, 3.05) is 19.6 Å². The first-order valence-electron chi connectivity index (χ1n) is 5.80. The van der Waals surface area contributed by atoms with Crippen LogP contribution < -0.4 is 5.32 Å². The van der Waals surface area contributed by atoms with Crippen molar-refractivity contribution in [2.45, 2.75) is 24.8 Å². The maximum Gasteiger partial charge on any atom is 0.243 e.